The quantitative estimate of drug-likeness (QED) is 0.623. The molecule has 2 heterocycles. The van der Waals surface area contributed by atoms with Gasteiger partial charge in [-0.25, -0.2) is 0 Å². The van der Waals surface area contributed by atoms with Crippen LogP contribution in [-0.4, -0.2) is 36.2 Å². The average molecular weight is 169 g/mol. The van der Waals surface area contributed by atoms with E-state index in [9.17, 15) is 0 Å². The van der Waals surface area contributed by atoms with E-state index < -0.39 is 0 Å². The Hall–Kier alpha value is -0.0800. The summed E-state index contributed by atoms with van der Waals surface area (Å²) < 4.78 is 5.78. The van der Waals surface area contributed by atoms with E-state index in [1.807, 2.05) is 0 Å². The second kappa shape index (κ2) is 3.35. The molecule has 3 unspecified atom stereocenters. The number of hydrogen-bond acceptors (Lipinski definition) is 2. The molecule has 0 amide bonds. The molecule has 2 aliphatic heterocycles. The summed E-state index contributed by atoms with van der Waals surface area (Å²) in [5.74, 6) is 0. The molecule has 2 saturated heterocycles. The predicted molar refractivity (Wildman–Crippen MR) is 49.2 cm³/mol. The van der Waals surface area contributed by atoms with E-state index in [2.05, 4.69) is 18.7 Å². The number of likely N-dealkylation sites (tertiary alicyclic amines) is 1. The van der Waals surface area contributed by atoms with Gasteiger partial charge in [0, 0.05) is 19.1 Å². The van der Waals surface area contributed by atoms with Crippen molar-refractivity contribution in [2.75, 3.05) is 13.1 Å². The first-order chi connectivity index (χ1) is 5.79. The number of rotatable bonds is 2. The Morgan fingerprint density at radius 1 is 1.33 bits per heavy atom. The molecule has 0 aromatic rings. The van der Waals surface area contributed by atoms with Crippen molar-refractivity contribution in [2.45, 2.75) is 51.4 Å². The van der Waals surface area contributed by atoms with Crippen molar-refractivity contribution >= 4 is 0 Å². The highest BCUT2D eigenvalue weighted by atomic mass is 16.5. The summed E-state index contributed by atoms with van der Waals surface area (Å²) >= 11 is 0. The van der Waals surface area contributed by atoms with Gasteiger partial charge in [-0.1, -0.05) is 6.92 Å². The molecule has 0 radical (unpaired) electrons. The standard InChI is InChI=1S/C10H19NO/c1-3-8(2)11-6-9-4-5-10(7-11)12-9/h8-10H,3-7H2,1-2H3. The van der Waals surface area contributed by atoms with Crippen molar-refractivity contribution < 1.29 is 4.74 Å². The van der Waals surface area contributed by atoms with Gasteiger partial charge in [0.2, 0.25) is 0 Å². The van der Waals surface area contributed by atoms with Crippen LogP contribution in [-0.2, 0) is 4.74 Å². The zero-order chi connectivity index (χ0) is 8.55. The highest BCUT2D eigenvalue weighted by Gasteiger charge is 2.34. The molecule has 2 fully saturated rings. The van der Waals surface area contributed by atoms with Crippen LogP contribution in [0.1, 0.15) is 33.1 Å². The second-order valence-corrected chi connectivity index (χ2v) is 4.17. The fourth-order valence-electron chi connectivity index (χ4n) is 2.26. The Labute approximate surface area is 74.9 Å². The van der Waals surface area contributed by atoms with Crippen molar-refractivity contribution in [3.63, 3.8) is 0 Å². The van der Waals surface area contributed by atoms with Gasteiger partial charge < -0.3 is 4.74 Å². The lowest BCUT2D eigenvalue weighted by molar-refractivity contribution is -0.0507. The summed E-state index contributed by atoms with van der Waals surface area (Å²) in [5.41, 5.74) is 0. The lowest BCUT2D eigenvalue weighted by Crippen LogP contribution is -2.46. The summed E-state index contributed by atoms with van der Waals surface area (Å²) in [7, 11) is 0. The van der Waals surface area contributed by atoms with E-state index in [1.54, 1.807) is 0 Å². The summed E-state index contributed by atoms with van der Waals surface area (Å²) in [6.45, 7) is 6.93. The number of ether oxygens (including phenoxy) is 1. The summed E-state index contributed by atoms with van der Waals surface area (Å²) in [6.07, 6.45) is 4.95. The topological polar surface area (TPSA) is 12.5 Å². The highest BCUT2D eigenvalue weighted by Crippen LogP contribution is 2.27. The van der Waals surface area contributed by atoms with Gasteiger partial charge in [-0.15, -0.1) is 0 Å². The summed E-state index contributed by atoms with van der Waals surface area (Å²) in [6, 6.07) is 0.747. The SMILES string of the molecule is CCC(C)N1CC2CCC(C1)O2. The zero-order valence-electron chi connectivity index (χ0n) is 8.12. The molecule has 2 nitrogen and oxygen atoms in total. The van der Waals surface area contributed by atoms with Crippen LogP contribution < -0.4 is 0 Å². The van der Waals surface area contributed by atoms with Gasteiger partial charge >= 0.3 is 0 Å². The molecule has 0 aromatic carbocycles. The van der Waals surface area contributed by atoms with E-state index in [1.165, 1.54) is 32.4 Å². The van der Waals surface area contributed by atoms with Gasteiger partial charge in [0.05, 0.1) is 12.2 Å². The number of fused-ring (bicyclic) bond motifs is 2. The van der Waals surface area contributed by atoms with Crippen LogP contribution in [0, 0.1) is 0 Å². The van der Waals surface area contributed by atoms with Gasteiger partial charge in [0.15, 0.2) is 0 Å². The molecule has 12 heavy (non-hydrogen) atoms. The van der Waals surface area contributed by atoms with E-state index in [-0.39, 0.29) is 0 Å². The average Bonchev–Trinajstić information content (AvgIpc) is 2.44. The van der Waals surface area contributed by atoms with Crippen LogP contribution >= 0.6 is 0 Å². The predicted octanol–water partition coefficient (Wildman–Crippen LogP) is 1.65. The van der Waals surface area contributed by atoms with E-state index in [0.29, 0.717) is 12.2 Å². The van der Waals surface area contributed by atoms with Crippen molar-refractivity contribution in [3.05, 3.63) is 0 Å². The lowest BCUT2D eigenvalue weighted by Gasteiger charge is -2.35. The molecule has 2 aliphatic rings. The second-order valence-electron chi connectivity index (χ2n) is 4.17. The van der Waals surface area contributed by atoms with Crippen LogP contribution in [0.2, 0.25) is 0 Å². The van der Waals surface area contributed by atoms with Gasteiger partial charge in [-0.2, -0.15) is 0 Å². The van der Waals surface area contributed by atoms with Crippen LogP contribution in [0.4, 0.5) is 0 Å². The molecule has 0 aromatic heterocycles. The largest absolute Gasteiger partial charge is 0.372 e. The van der Waals surface area contributed by atoms with Gasteiger partial charge in [-0.3, -0.25) is 4.90 Å². The molecule has 2 bridgehead atoms. The van der Waals surface area contributed by atoms with Crippen molar-refractivity contribution in [1.82, 2.24) is 4.90 Å². The smallest absolute Gasteiger partial charge is 0.0707 e. The van der Waals surface area contributed by atoms with Crippen molar-refractivity contribution in [2.24, 2.45) is 0 Å². The van der Waals surface area contributed by atoms with Gasteiger partial charge in [-0.05, 0) is 26.2 Å². The normalized spacial score (nSPS) is 38.5. The highest BCUT2D eigenvalue weighted by molar-refractivity contribution is 4.86. The zero-order valence-corrected chi connectivity index (χ0v) is 8.12. The Morgan fingerprint density at radius 3 is 2.42 bits per heavy atom. The maximum absolute atomic E-state index is 5.78. The third kappa shape index (κ3) is 1.50. The molecule has 3 atom stereocenters. The minimum atomic E-state index is 0.553. The first-order valence-corrected chi connectivity index (χ1v) is 5.19. The minimum absolute atomic E-state index is 0.553. The van der Waals surface area contributed by atoms with E-state index in [4.69, 9.17) is 4.74 Å². The molecule has 2 heteroatoms. The maximum Gasteiger partial charge on any atom is 0.0707 e. The lowest BCUT2D eigenvalue weighted by atomic mass is 10.2. The molecule has 0 saturated carbocycles. The number of morpholine rings is 1. The molecular formula is C10H19NO. The minimum Gasteiger partial charge on any atom is -0.372 e. The summed E-state index contributed by atoms with van der Waals surface area (Å²) in [5, 5.41) is 0. The number of nitrogens with zero attached hydrogens (tertiary/aromatic N) is 1. The van der Waals surface area contributed by atoms with Crippen LogP contribution in [0.25, 0.3) is 0 Å². The fourth-order valence-corrected chi connectivity index (χ4v) is 2.26. The third-order valence-electron chi connectivity index (χ3n) is 3.29. The third-order valence-corrected chi connectivity index (χ3v) is 3.29. The fraction of sp³-hybridized carbons (Fsp3) is 1.00. The Morgan fingerprint density at radius 2 is 1.92 bits per heavy atom. The monoisotopic (exact) mass is 169 g/mol. The van der Waals surface area contributed by atoms with Crippen molar-refractivity contribution in [3.8, 4) is 0 Å². The molecular weight excluding hydrogens is 150 g/mol. The molecule has 2 rings (SSSR count). The summed E-state index contributed by atoms with van der Waals surface area (Å²) in [4.78, 5) is 2.59. The Bertz CT molecular complexity index is 148. The van der Waals surface area contributed by atoms with Crippen molar-refractivity contribution in [1.29, 1.82) is 0 Å². The Kier molecular flexibility index (Phi) is 2.37. The van der Waals surface area contributed by atoms with E-state index >= 15 is 0 Å². The maximum atomic E-state index is 5.78. The molecule has 0 aliphatic carbocycles. The van der Waals surface area contributed by atoms with Gasteiger partial charge in [0.25, 0.3) is 0 Å². The first kappa shape index (κ1) is 8.52. The molecule has 70 valence electrons. The van der Waals surface area contributed by atoms with Gasteiger partial charge in [0.1, 0.15) is 0 Å². The molecule has 0 spiro atoms. The van der Waals surface area contributed by atoms with Crippen LogP contribution in [0.3, 0.4) is 0 Å². The van der Waals surface area contributed by atoms with E-state index in [0.717, 1.165) is 6.04 Å². The first-order valence-electron chi connectivity index (χ1n) is 5.19. The van der Waals surface area contributed by atoms with Crippen LogP contribution in [0.15, 0.2) is 0 Å². The van der Waals surface area contributed by atoms with Crippen LogP contribution in [0.5, 0.6) is 0 Å². The number of hydrogen-bond donors (Lipinski definition) is 0. The molecule has 0 N–H and O–H groups in total. The Balaban J connectivity index is 1.93.